The Morgan fingerprint density at radius 1 is 1.20 bits per heavy atom. The number of hydrogen-bond donors (Lipinski definition) is 1. The van der Waals surface area contributed by atoms with Crippen LogP contribution in [0.3, 0.4) is 0 Å². The molecule has 0 saturated heterocycles. The highest BCUT2D eigenvalue weighted by Gasteiger charge is 2.19. The minimum Gasteiger partial charge on any atom is -0.475 e. The summed E-state index contributed by atoms with van der Waals surface area (Å²) in [4.78, 5) is 8.76. The summed E-state index contributed by atoms with van der Waals surface area (Å²) in [6, 6.07) is 1.71. The fraction of sp³-hybridized carbons (Fsp3) is 0.750. The number of rotatable bonds is 7. The number of unbranched alkanes of at least 4 members (excludes halogenated alkanes) is 3. The molecule has 0 fully saturated rings. The minimum atomic E-state index is -0.127. The molecule has 1 rings (SSSR count). The molecule has 114 valence electrons. The predicted octanol–water partition coefficient (Wildman–Crippen LogP) is 4.09. The van der Waals surface area contributed by atoms with Gasteiger partial charge in [0.05, 0.1) is 6.10 Å². The third-order valence-electron chi connectivity index (χ3n) is 3.18. The van der Waals surface area contributed by atoms with Crippen LogP contribution in [0.5, 0.6) is 5.88 Å². The van der Waals surface area contributed by atoms with E-state index in [1.807, 2.05) is 0 Å². The molecule has 0 saturated carbocycles. The predicted molar refractivity (Wildman–Crippen MR) is 84.0 cm³/mol. The molecule has 0 aromatic carbocycles. The first-order chi connectivity index (χ1) is 9.32. The van der Waals surface area contributed by atoms with Crippen molar-refractivity contribution in [1.29, 1.82) is 0 Å². The van der Waals surface area contributed by atoms with Crippen LogP contribution < -0.4 is 10.5 Å². The maximum Gasteiger partial charge on any atom is 0.219 e. The van der Waals surface area contributed by atoms with Gasteiger partial charge in [0.2, 0.25) is 5.88 Å². The smallest absolute Gasteiger partial charge is 0.219 e. The molecule has 1 atom stereocenters. The molecule has 20 heavy (non-hydrogen) atoms. The molecule has 0 spiro atoms. The molecule has 1 heterocycles. The van der Waals surface area contributed by atoms with E-state index in [9.17, 15) is 0 Å². The average molecular weight is 279 g/mol. The number of aromatic nitrogens is 2. The first-order valence-corrected chi connectivity index (χ1v) is 7.64. The maximum absolute atomic E-state index is 5.88. The quantitative estimate of drug-likeness (QED) is 0.763. The molecule has 0 bridgehead atoms. The van der Waals surface area contributed by atoms with Gasteiger partial charge in [-0.2, -0.15) is 4.98 Å². The van der Waals surface area contributed by atoms with Crippen molar-refractivity contribution in [3.63, 3.8) is 0 Å². The van der Waals surface area contributed by atoms with Crippen molar-refractivity contribution in [2.24, 2.45) is 0 Å². The number of nitrogens with zero attached hydrogens (tertiary/aromatic N) is 2. The van der Waals surface area contributed by atoms with Crippen LogP contribution in [0.2, 0.25) is 0 Å². The van der Waals surface area contributed by atoms with E-state index < -0.39 is 0 Å². The summed E-state index contributed by atoms with van der Waals surface area (Å²) >= 11 is 0. The van der Waals surface area contributed by atoms with Crippen molar-refractivity contribution in [1.82, 2.24) is 9.97 Å². The minimum absolute atomic E-state index is 0.127. The topological polar surface area (TPSA) is 61.0 Å². The molecule has 1 aromatic rings. The lowest BCUT2D eigenvalue weighted by molar-refractivity contribution is 0.196. The Morgan fingerprint density at radius 3 is 2.50 bits per heavy atom. The number of nitrogens with two attached hydrogens (primary N) is 1. The van der Waals surface area contributed by atoms with Crippen molar-refractivity contribution >= 4 is 5.82 Å². The summed E-state index contributed by atoms with van der Waals surface area (Å²) in [5.74, 6) is 1.79. The third kappa shape index (κ3) is 5.76. The van der Waals surface area contributed by atoms with Crippen LogP contribution in [0.4, 0.5) is 5.82 Å². The van der Waals surface area contributed by atoms with E-state index >= 15 is 0 Å². The van der Waals surface area contributed by atoms with E-state index in [2.05, 4.69) is 44.6 Å². The van der Waals surface area contributed by atoms with E-state index in [4.69, 9.17) is 10.5 Å². The zero-order valence-electron chi connectivity index (χ0n) is 13.6. The van der Waals surface area contributed by atoms with Crippen LogP contribution in [-0.2, 0) is 5.41 Å². The number of anilines is 1. The first kappa shape index (κ1) is 16.7. The van der Waals surface area contributed by atoms with Crippen molar-refractivity contribution in [2.45, 2.75) is 78.2 Å². The molecule has 1 unspecified atom stereocenters. The standard InChI is InChI=1S/C16H29N3O/c1-6-7-8-9-10-12(2)20-14-11-13(17)18-15(19-14)16(3,4)5/h11-12H,6-10H2,1-5H3,(H2,17,18,19). The van der Waals surface area contributed by atoms with Crippen molar-refractivity contribution in [2.75, 3.05) is 5.73 Å². The number of nitrogen functional groups attached to an aromatic ring is 1. The molecule has 4 heteroatoms. The van der Waals surface area contributed by atoms with Crippen molar-refractivity contribution < 1.29 is 4.74 Å². The van der Waals surface area contributed by atoms with E-state index in [1.54, 1.807) is 6.07 Å². The second-order valence-electron chi connectivity index (χ2n) is 6.48. The molecule has 0 aliphatic carbocycles. The molecular formula is C16H29N3O. The third-order valence-corrected chi connectivity index (χ3v) is 3.18. The largest absolute Gasteiger partial charge is 0.475 e. The van der Waals surface area contributed by atoms with Gasteiger partial charge >= 0.3 is 0 Å². The zero-order valence-corrected chi connectivity index (χ0v) is 13.6. The fourth-order valence-electron chi connectivity index (χ4n) is 1.96. The van der Waals surface area contributed by atoms with Gasteiger partial charge in [0.15, 0.2) is 0 Å². The van der Waals surface area contributed by atoms with Crippen LogP contribution in [0, 0.1) is 0 Å². The van der Waals surface area contributed by atoms with Crippen LogP contribution in [0.15, 0.2) is 6.07 Å². The molecule has 2 N–H and O–H groups in total. The Morgan fingerprint density at radius 2 is 1.90 bits per heavy atom. The van der Waals surface area contributed by atoms with Gasteiger partial charge in [-0.1, -0.05) is 47.0 Å². The van der Waals surface area contributed by atoms with E-state index in [-0.39, 0.29) is 11.5 Å². The van der Waals surface area contributed by atoms with Gasteiger partial charge in [0.25, 0.3) is 0 Å². The van der Waals surface area contributed by atoms with Gasteiger partial charge in [-0.15, -0.1) is 0 Å². The van der Waals surface area contributed by atoms with Crippen LogP contribution in [0.1, 0.15) is 72.5 Å². The van der Waals surface area contributed by atoms with Gasteiger partial charge in [-0.05, 0) is 19.8 Å². The summed E-state index contributed by atoms with van der Waals surface area (Å²) in [5, 5.41) is 0. The Labute approximate surface area is 123 Å². The highest BCUT2D eigenvalue weighted by Crippen LogP contribution is 2.23. The van der Waals surface area contributed by atoms with Gasteiger partial charge in [-0.3, -0.25) is 0 Å². The molecule has 4 nitrogen and oxygen atoms in total. The van der Waals surface area contributed by atoms with Gasteiger partial charge in [-0.25, -0.2) is 4.98 Å². The highest BCUT2D eigenvalue weighted by atomic mass is 16.5. The molecule has 0 amide bonds. The summed E-state index contributed by atoms with van der Waals surface area (Å²) in [5.41, 5.74) is 5.71. The lowest BCUT2D eigenvalue weighted by Gasteiger charge is -2.19. The Balaban J connectivity index is 2.61. The molecule has 0 aliphatic heterocycles. The Bertz CT molecular complexity index is 413. The normalized spacial score (nSPS) is 13.2. The van der Waals surface area contributed by atoms with E-state index in [0.29, 0.717) is 11.7 Å². The van der Waals surface area contributed by atoms with Crippen LogP contribution in [0.25, 0.3) is 0 Å². The van der Waals surface area contributed by atoms with Gasteiger partial charge in [0.1, 0.15) is 11.6 Å². The molecular weight excluding hydrogens is 250 g/mol. The average Bonchev–Trinajstić information content (AvgIpc) is 2.33. The van der Waals surface area contributed by atoms with Gasteiger partial charge < -0.3 is 10.5 Å². The second-order valence-corrected chi connectivity index (χ2v) is 6.48. The summed E-state index contributed by atoms with van der Waals surface area (Å²) in [7, 11) is 0. The van der Waals surface area contributed by atoms with Gasteiger partial charge in [0, 0.05) is 11.5 Å². The summed E-state index contributed by atoms with van der Waals surface area (Å²) in [6.07, 6.45) is 6.22. The first-order valence-electron chi connectivity index (χ1n) is 7.64. The molecule has 0 radical (unpaired) electrons. The number of hydrogen-bond acceptors (Lipinski definition) is 4. The van der Waals surface area contributed by atoms with E-state index in [0.717, 1.165) is 12.2 Å². The van der Waals surface area contributed by atoms with Crippen LogP contribution >= 0.6 is 0 Å². The summed E-state index contributed by atoms with van der Waals surface area (Å²) in [6.45, 7) is 10.5. The lowest BCUT2D eigenvalue weighted by Crippen LogP contribution is -2.19. The maximum atomic E-state index is 5.88. The van der Waals surface area contributed by atoms with Crippen molar-refractivity contribution in [3.8, 4) is 5.88 Å². The number of ether oxygens (including phenoxy) is 1. The van der Waals surface area contributed by atoms with Crippen LogP contribution in [-0.4, -0.2) is 16.1 Å². The monoisotopic (exact) mass is 279 g/mol. The van der Waals surface area contributed by atoms with Crippen molar-refractivity contribution in [3.05, 3.63) is 11.9 Å². The molecule has 1 aromatic heterocycles. The highest BCUT2D eigenvalue weighted by molar-refractivity contribution is 5.34. The SMILES string of the molecule is CCCCCCC(C)Oc1cc(N)nc(C(C)(C)C)n1. The Hall–Kier alpha value is -1.32. The summed E-state index contributed by atoms with van der Waals surface area (Å²) < 4.78 is 5.88. The lowest BCUT2D eigenvalue weighted by atomic mass is 9.96. The fourth-order valence-corrected chi connectivity index (χ4v) is 1.96. The Kier molecular flexibility index (Phi) is 6.24. The zero-order chi connectivity index (χ0) is 15.2. The second kappa shape index (κ2) is 7.46. The van der Waals surface area contributed by atoms with E-state index in [1.165, 1.54) is 25.7 Å². The molecule has 0 aliphatic rings.